The highest BCUT2D eigenvalue weighted by molar-refractivity contribution is 7.98. The highest BCUT2D eigenvalue weighted by Crippen LogP contribution is 2.23. The van der Waals surface area contributed by atoms with Crippen molar-refractivity contribution in [2.24, 2.45) is 0 Å². The number of rotatable bonds is 10. The molecule has 0 saturated carbocycles. The number of hydrogen-bond donors (Lipinski definition) is 0. The van der Waals surface area contributed by atoms with Gasteiger partial charge in [-0.25, -0.2) is 0 Å². The van der Waals surface area contributed by atoms with Crippen molar-refractivity contribution in [2.75, 3.05) is 12.9 Å². The zero-order valence-corrected chi connectivity index (χ0v) is 14.6. The molecule has 0 heterocycles. The number of aldehydes is 1. The molecule has 2 aromatic carbocycles. The second kappa shape index (κ2) is 10.1. The van der Waals surface area contributed by atoms with Crippen molar-refractivity contribution in [3.63, 3.8) is 0 Å². The van der Waals surface area contributed by atoms with Crippen LogP contribution in [0.15, 0.2) is 59.5 Å². The maximum absolute atomic E-state index is 12.5. The van der Waals surface area contributed by atoms with Crippen molar-refractivity contribution in [1.82, 2.24) is 0 Å². The maximum Gasteiger partial charge on any atom is 0.143 e. The zero-order valence-electron chi connectivity index (χ0n) is 13.8. The third-order valence-corrected chi connectivity index (χ3v) is 4.56. The SMILES string of the molecule is CSc1ccc(C(COCc2ccccc2)C(=O)CCC=O)cc1. The Morgan fingerprint density at radius 2 is 1.83 bits per heavy atom. The minimum atomic E-state index is -0.329. The lowest BCUT2D eigenvalue weighted by Gasteiger charge is -2.17. The topological polar surface area (TPSA) is 43.4 Å². The molecule has 0 aromatic heterocycles. The molecule has 0 bridgehead atoms. The van der Waals surface area contributed by atoms with Crippen LogP contribution in [0, 0.1) is 0 Å². The molecule has 4 heteroatoms. The van der Waals surface area contributed by atoms with Gasteiger partial charge in [0.1, 0.15) is 12.1 Å². The Kier molecular flexibility index (Phi) is 7.72. The van der Waals surface area contributed by atoms with Crippen molar-refractivity contribution in [3.8, 4) is 0 Å². The standard InChI is InChI=1S/C20H22O3S/c1-24-18-11-9-17(10-12-18)19(20(22)8-5-13-21)15-23-14-16-6-3-2-4-7-16/h2-4,6-7,9-13,19H,5,8,14-15H2,1H3. The summed E-state index contributed by atoms with van der Waals surface area (Å²) in [5.74, 6) is -0.281. The Balaban J connectivity index is 2.03. The summed E-state index contributed by atoms with van der Waals surface area (Å²) in [5, 5.41) is 0. The monoisotopic (exact) mass is 342 g/mol. The first kappa shape index (κ1) is 18.4. The second-order valence-electron chi connectivity index (χ2n) is 5.50. The van der Waals surface area contributed by atoms with Gasteiger partial charge in [0.2, 0.25) is 0 Å². The third-order valence-electron chi connectivity index (χ3n) is 3.81. The summed E-state index contributed by atoms with van der Waals surface area (Å²) < 4.78 is 5.78. The Hall–Kier alpha value is -1.91. The summed E-state index contributed by atoms with van der Waals surface area (Å²) in [7, 11) is 0. The van der Waals surface area contributed by atoms with E-state index in [1.54, 1.807) is 11.8 Å². The van der Waals surface area contributed by atoms with Crippen LogP contribution in [0.25, 0.3) is 0 Å². The fourth-order valence-electron chi connectivity index (χ4n) is 2.46. The Morgan fingerprint density at radius 1 is 1.12 bits per heavy atom. The average Bonchev–Trinajstić information content (AvgIpc) is 2.64. The van der Waals surface area contributed by atoms with Crippen molar-refractivity contribution < 1.29 is 14.3 Å². The van der Waals surface area contributed by atoms with Gasteiger partial charge in [0, 0.05) is 17.7 Å². The van der Waals surface area contributed by atoms with Gasteiger partial charge in [-0.3, -0.25) is 4.79 Å². The Bertz CT molecular complexity index is 638. The largest absolute Gasteiger partial charge is 0.376 e. The smallest absolute Gasteiger partial charge is 0.143 e. The summed E-state index contributed by atoms with van der Waals surface area (Å²) in [6, 6.07) is 17.9. The molecule has 0 amide bonds. The third kappa shape index (κ3) is 5.62. The molecule has 0 aliphatic heterocycles. The summed E-state index contributed by atoms with van der Waals surface area (Å²) >= 11 is 1.66. The minimum absolute atomic E-state index is 0.0482. The minimum Gasteiger partial charge on any atom is -0.376 e. The van der Waals surface area contributed by atoms with Gasteiger partial charge in [-0.2, -0.15) is 0 Å². The first-order chi connectivity index (χ1) is 11.7. The van der Waals surface area contributed by atoms with E-state index >= 15 is 0 Å². The molecule has 3 nitrogen and oxygen atoms in total. The van der Waals surface area contributed by atoms with Crippen LogP contribution in [-0.4, -0.2) is 24.9 Å². The van der Waals surface area contributed by atoms with Gasteiger partial charge in [0.25, 0.3) is 0 Å². The summed E-state index contributed by atoms with van der Waals surface area (Å²) in [5.41, 5.74) is 2.02. The number of hydrogen-bond acceptors (Lipinski definition) is 4. The molecule has 0 radical (unpaired) electrons. The molecular weight excluding hydrogens is 320 g/mol. The lowest BCUT2D eigenvalue weighted by molar-refractivity contribution is -0.123. The van der Waals surface area contributed by atoms with Gasteiger partial charge in [-0.05, 0) is 29.5 Å². The van der Waals surface area contributed by atoms with Crippen LogP contribution in [0.5, 0.6) is 0 Å². The quantitative estimate of drug-likeness (QED) is 0.478. The second-order valence-corrected chi connectivity index (χ2v) is 6.38. The lowest BCUT2D eigenvalue weighted by Crippen LogP contribution is -2.18. The molecule has 24 heavy (non-hydrogen) atoms. The zero-order chi connectivity index (χ0) is 17.2. The average molecular weight is 342 g/mol. The molecule has 1 unspecified atom stereocenters. The molecule has 0 fully saturated rings. The Morgan fingerprint density at radius 3 is 2.46 bits per heavy atom. The van der Waals surface area contributed by atoms with Crippen LogP contribution in [0.4, 0.5) is 0 Å². The van der Waals surface area contributed by atoms with E-state index < -0.39 is 0 Å². The van der Waals surface area contributed by atoms with Gasteiger partial charge >= 0.3 is 0 Å². The number of ketones is 1. The number of carbonyl (C=O) groups is 2. The maximum atomic E-state index is 12.5. The van der Waals surface area contributed by atoms with E-state index in [0.717, 1.165) is 22.3 Å². The van der Waals surface area contributed by atoms with Crippen LogP contribution in [0.2, 0.25) is 0 Å². The van der Waals surface area contributed by atoms with E-state index in [2.05, 4.69) is 0 Å². The Labute approximate surface area is 147 Å². The van der Waals surface area contributed by atoms with Crippen molar-refractivity contribution in [3.05, 3.63) is 65.7 Å². The number of ether oxygens (including phenoxy) is 1. The first-order valence-electron chi connectivity index (χ1n) is 7.96. The summed E-state index contributed by atoms with van der Waals surface area (Å²) in [4.78, 5) is 24.2. The lowest BCUT2D eigenvalue weighted by atomic mass is 9.93. The van der Waals surface area contributed by atoms with Gasteiger partial charge in [-0.1, -0.05) is 42.5 Å². The van der Waals surface area contributed by atoms with E-state index in [-0.39, 0.29) is 24.5 Å². The number of benzene rings is 2. The van der Waals surface area contributed by atoms with Crippen LogP contribution < -0.4 is 0 Å². The van der Waals surface area contributed by atoms with Crippen LogP contribution in [-0.2, 0) is 20.9 Å². The fourth-order valence-corrected chi connectivity index (χ4v) is 2.86. The summed E-state index contributed by atoms with van der Waals surface area (Å²) in [6.07, 6.45) is 3.32. The predicted molar refractivity (Wildman–Crippen MR) is 97.4 cm³/mol. The number of thioether (sulfide) groups is 1. The number of Topliss-reactive ketones (excluding diaryl/α,β-unsaturated/α-hetero) is 1. The van der Waals surface area contributed by atoms with E-state index in [9.17, 15) is 9.59 Å². The van der Waals surface area contributed by atoms with E-state index in [0.29, 0.717) is 13.2 Å². The molecule has 1 atom stereocenters. The van der Waals surface area contributed by atoms with Gasteiger partial charge < -0.3 is 9.53 Å². The number of carbonyl (C=O) groups excluding carboxylic acids is 2. The first-order valence-corrected chi connectivity index (χ1v) is 9.19. The highest BCUT2D eigenvalue weighted by Gasteiger charge is 2.20. The molecule has 2 aromatic rings. The van der Waals surface area contributed by atoms with Crippen molar-refractivity contribution in [1.29, 1.82) is 0 Å². The van der Waals surface area contributed by atoms with Crippen molar-refractivity contribution in [2.45, 2.75) is 30.3 Å². The summed E-state index contributed by atoms with van der Waals surface area (Å²) in [6.45, 7) is 0.798. The van der Waals surface area contributed by atoms with E-state index in [4.69, 9.17) is 4.74 Å². The molecule has 0 N–H and O–H groups in total. The molecule has 0 spiro atoms. The normalized spacial score (nSPS) is 11.9. The highest BCUT2D eigenvalue weighted by atomic mass is 32.2. The van der Waals surface area contributed by atoms with Gasteiger partial charge in [0.15, 0.2) is 0 Å². The fraction of sp³-hybridized carbons (Fsp3) is 0.300. The predicted octanol–water partition coefficient (Wildman–Crippen LogP) is 4.26. The molecule has 0 aliphatic rings. The van der Waals surface area contributed by atoms with Crippen LogP contribution in [0.3, 0.4) is 0 Å². The van der Waals surface area contributed by atoms with Crippen LogP contribution >= 0.6 is 11.8 Å². The van der Waals surface area contributed by atoms with E-state index in [1.165, 1.54) is 0 Å². The molecule has 126 valence electrons. The molecule has 2 rings (SSSR count). The van der Waals surface area contributed by atoms with Crippen LogP contribution in [0.1, 0.15) is 29.9 Å². The molecule has 0 aliphatic carbocycles. The van der Waals surface area contributed by atoms with E-state index in [1.807, 2.05) is 60.9 Å². The van der Waals surface area contributed by atoms with Crippen molar-refractivity contribution >= 4 is 23.8 Å². The molecular formula is C20H22O3S. The van der Waals surface area contributed by atoms with Gasteiger partial charge in [0.05, 0.1) is 19.1 Å². The molecule has 0 saturated heterocycles. The van der Waals surface area contributed by atoms with Gasteiger partial charge in [-0.15, -0.1) is 11.8 Å².